The summed E-state index contributed by atoms with van der Waals surface area (Å²) in [7, 11) is 1.41. The predicted molar refractivity (Wildman–Crippen MR) is 51.3 cm³/mol. The largest absolute Gasteiger partial charge is 0.480 e. The maximum atomic E-state index is 12.5. The van der Waals surface area contributed by atoms with Crippen LogP contribution in [0.15, 0.2) is 10.7 Å². The molecule has 0 aliphatic carbocycles. The summed E-state index contributed by atoms with van der Waals surface area (Å²) in [6.07, 6.45) is -1.50. The van der Waals surface area contributed by atoms with Gasteiger partial charge in [-0.1, -0.05) is 0 Å². The molecule has 1 rings (SSSR count). The van der Waals surface area contributed by atoms with Gasteiger partial charge in [0.25, 0.3) is 6.43 Å². The molecule has 0 aromatic carbocycles. The van der Waals surface area contributed by atoms with Gasteiger partial charge >= 0.3 is 0 Å². The van der Waals surface area contributed by atoms with Gasteiger partial charge in [0.1, 0.15) is 0 Å². The van der Waals surface area contributed by atoms with Crippen LogP contribution >= 0.6 is 15.9 Å². The number of hydrogen-bond acceptors (Lipinski definition) is 3. The summed E-state index contributed by atoms with van der Waals surface area (Å²) >= 11 is 3.12. The van der Waals surface area contributed by atoms with Crippen molar-refractivity contribution in [2.75, 3.05) is 7.11 Å². The topological polar surface area (TPSA) is 48.1 Å². The average Bonchev–Trinajstić information content (AvgIpc) is 2.17. The number of aromatic nitrogens is 1. The molecule has 6 heteroatoms. The first-order chi connectivity index (χ1) is 6.61. The van der Waals surface area contributed by atoms with Crippen molar-refractivity contribution in [2.24, 2.45) is 5.73 Å². The number of rotatable bonds is 3. The minimum atomic E-state index is -2.58. The highest BCUT2D eigenvalue weighted by Crippen LogP contribution is 2.32. The number of hydrogen-bond donors (Lipinski definition) is 1. The standard InChI is InChI=1S/C8H9BrF2N2O/c1-14-8-6(9)4(2-12)5(3-13-8)7(10)11/h3,7H,2,12H2,1H3. The minimum Gasteiger partial charge on any atom is -0.480 e. The summed E-state index contributed by atoms with van der Waals surface area (Å²) in [5.74, 6) is 0.259. The van der Waals surface area contributed by atoms with Gasteiger partial charge in [-0.05, 0) is 21.5 Å². The smallest absolute Gasteiger partial charge is 0.265 e. The molecule has 0 spiro atoms. The van der Waals surface area contributed by atoms with Crippen LogP contribution in [0, 0.1) is 0 Å². The molecule has 2 N–H and O–H groups in total. The van der Waals surface area contributed by atoms with Gasteiger partial charge in [0.05, 0.1) is 11.6 Å². The van der Waals surface area contributed by atoms with Gasteiger partial charge in [-0.25, -0.2) is 13.8 Å². The molecular formula is C8H9BrF2N2O. The van der Waals surface area contributed by atoms with Gasteiger partial charge in [-0.15, -0.1) is 0 Å². The molecule has 0 radical (unpaired) electrons. The van der Waals surface area contributed by atoms with E-state index in [4.69, 9.17) is 10.5 Å². The number of pyridine rings is 1. The number of ether oxygens (including phenoxy) is 1. The highest BCUT2D eigenvalue weighted by molar-refractivity contribution is 9.10. The summed E-state index contributed by atoms with van der Waals surface area (Å²) in [6, 6.07) is 0. The molecule has 0 saturated carbocycles. The molecule has 1 aromatic rings. The number of methoxy groups -OCH3 is 1. The van der Waals surface area contributed by atoms with E-state index in [1.165, 1.54) is 7.11 Å². The van der Waals surface area contributed by atoms with Crippen molar-refractivity contribution in [1.82, 2.24) is 4.98 Å². The summed E-state index contributed by atoms with van der Waals surface area (Å²) in [4.78, 5) is 3.72. The Morgan fingerprint density at radius 2 is 2.29 bits per heavy atom. The zero-order valence-corrected chi connectivity index (χ0v) is 9.01. The van der Waals surface area contributed by atoms with E-state index in [2.05, 4.69) is 20.9 Å². The molecule has 0 fully saturated rings. The summed E-state index contributed by atoms with van der Waals surface area (Å²) < 4.78 is 30.2. The average molecular weight is 267 g/mol. The molecule has 14 heavy (non-hydrogen) atoms. The molecule has 1 heterocycles. The lowest BCUT2D eigenvalue weighted by atomic mass is 10.1. The SMILES string of the molecule is COc1ncc(C(F)F)c(CN)c1Br. The van der Waals surface area contributed by atoms with E-state index >= 15 is 0 Å². The van der Waals surface area contributed by atoms with E-state index in [1.54, 1.807) is 0 Å². The minimum absolute atomic E-state index is 0.0130. The van der Waals surface area contributed by atoms with Crippen molar-refractivity contribution in [3.63, 3.8) is 0 Å². The number of alkyl halides is 2. The zero-order chi connectivity index (χ0) is 10.7. The third-order valence-corrected chi connectivity index (χ3v) is 2.57. The number of nitrogens with two attached hydrogens (primary N) is 1. The molecule has 3 nitrogen and oxygen atoms in total. The van der Waals surface area contributed by atoms with E-state index in [0.717, 1.165) is 6.20 Å². The molecule has 0 saturated heterocycles. The molecule has 1 aromatic heterocycles. The van der Waals surface area contributed by atoms with Crippen LogP contribution in [0.25, 0.3) is 0 Å². The number of nitrogens with zero attached hydrogens (tertiary/aromatic N) is 1. The molecule has 0 bridgehead atoms. The van der Waals surface area contributed by atoms with Gasteiger partial charge in [-0.2, -0.15) is 0 Å². The van der Waals surface area contributed by atoms with Crippen LogP contribution in [-0.4, -0.2) is 12.1 Å². The molecule has 0 aliphatic heterocycles. The second-order valence-corrected chi connectivity index (χ2v) is 3.31. The summed E-state index contributed by atoms with van der Waals surface area (Å²) in [5, 5.41) is 0. The van der Waals surface area contributed by atoms with Crippen LogP contribution in [0.1, 0.15) is 17.6 Å². The third kappa shape index (κ3) is 2.01. The maximum Gasteiger partial charge on any atom is 0.265 e. The highest BCUT2D eigenvalue weighted by atomic mass is 79.9. The lowest BCUT2D eigenvalue weighted by Gasteiger charge is -2.11. The van der Waals surface area contributed by atoms with Crippen molar-refractivity contribution in [1.29, 1.82) is 0 Å². The van der Waals surface area contributed by atoms with Crippen LogP contribution in [0.3, 0.4) is 0 Å². The van der Waals surface area contributed by atoms with Gasteiger partial charge < -0.3 is 10.5 Å². The fourth-order valence-corrected chi connectivity index (χ4v) is 1.71. The Morgan fingerprint density at radius 1 is 1.64 bits per heavy atom. The van der Waals surface area contributed by atoms with E-state index in [-0.39, 0.29) is 18.0 Å². The van der Waals surface area contributed by atoms with Gasteiger partial charge in [0, 0.05) is 18.3 Å². The van der Waals surface area contributed by atoms with Crippen LogP contribution < -0.4 is 10.5 Å². The van der Waals surface area contributed by atoms with E-state index in [0.29, 0.717) is 10.0 Å². The highest BCUT2D eigenvalue weighted by Gasteiger charge is 2.18. The van der Waals surface area contributed by atoms with E-state index in [9.17, 15) is 8.78 Å². The lowest BCUT2D eigenvalue weighted by molar-refractivity contribution is 0.149. The quantitative estimate of drug-likeness (QED) is 0.913. The monoisotopic (exact) mass is 266 g/mol. The first kappa shape index (κ1) is 11.3. The Hall–Kier alpha value is -0.750. The Kier molecular flexibility index (Phi) is 3.77. The van der Waals surface area contributed by atoms with Crippen molar-refractivity contribution in [3.05, 3.63) is 21.8 Å². The second kappa shape index (κ2) is 4.65. The van der Waals surface area contributed by atoms with E-state index in [1.807, 2.05) is 0 Å². The molecule has 0 atom stereocenters. The first-order valence-electron chi connectivity index (χ1n) is 3.81. The molecule has 0 unspecified atom stereocenters. The normalized spacial score (nSPS) is 10.7. The zero-order valence-electron chi connectivity index (χ0n) is 7.43. The fourth-order valence-electron chi connectivity index (χ4n) is 1.06. The molecule has 78 valence electrons. The first-order valence-corrected chi connectivity index (χ1v) is 4.60. The Bertz CT molecular complexity index is 333. The Labute approximate surface area is 88.4 Å². The summed E-state index contributed by atoms with van der Waals surface area (Å²) in [6.45, 7) is 0.0130. The Balaban J connectivity index is 3.28. The van der Waals surface area contributed by atoms with Crippen LogP contribution in [0.5, 0.6) is 5.88 Å². The molecule has 0 amide bonds. The van der Waals surface area contributed by atoms with Gasteiger partial charge in [0.2, 0.25) is 5.88 Å². The Morgan fingerprint density at radius 3 is 2.71 bits per heavy atom. The maximum absolute atomic E-state index is 12.5. The van der Waals surface area contributed by atoms with Crippen LogP contribution in [0.2, 0.25) is 0 Å². The summed E-state index contributed by atoms with van der Waals surface area (Å²) in [5.41, 5.74) is 5.53. The van der Waals surface area contributed by atoms with Crippen molar-refractivity contribution in [3.8, 4) is 5.88 Å². The predicted octanol–water partition coefficient (Wildman–Crippen LogP) is 2.25. The molecular weight excluding hydrogens is 258 g/mol. The lowest BCUT2D eigenvalue weighted by Crippen LogP contribution is -2.05. The third-order valence-electron chi connectivity index (χ3n) is 1.75. The number of halogens is 3. The van der Waals surface area contributed by atoms with Gasteiger partial charge in [-0.3, -0.25) is 0 Å². The van der Waals surface area contributed by atoms with Crippen molar-refractivity contribution >= 4 is 15.9 Å². The van der Waals surface area contributed by atoms with Crippen LogP contribution in [0.4, 0.5) is 8.78 Å². The van der Waals surface area contributed by atoms with Crippen molar-refractivity contribution in [2.45, 2.75) is 13.0 Å². The fraction of sp³-hybridized carbons (Fsp3) is 0.375. The molecule has 0 aliphatic rings. The van der Waals surface area contributed by atoms with Crippen molar-refractivity contribution < 1.29 is 13.5 Å². The van der Waals surface area contributed by atoms with Gasteiger partial charge in [0.15, 0.2) is 0 Å². The second-order valence-electron chi connectivity index (χ2n) is 2.52. The van der Waals surface area contributed by atoms with Crippen LogP contribution in [-0.2, 0) is 6.54 Å². The van der Waals surface area contributed by atoms with E-state index < -0.39 is 6.43 Å².